The molecule has 6 heteroatoms. The molecule has 1 heterocycles. The first kappa shape index (κ1) is 21.2. The molecule has 0 saturated carbocycles. The minimum atomic E-state index is -0.402. The van der Waals surface area contributed by atoms with Crippen molar-refractivity contribution in [3.8, 4) is 11.5 Å². The second kappa shape index (κ2) is 8.98. The second-order valence-corrected chi connectivity index (χ2v) is 7.35. The second-order valence-electron chi connectivity index (χ2n) is 7.35. The Morgan fingerprint density at radius 1 is 0.875 bits per heavy atom. The topological polar surface area (TPSA) is 67.9 Å². The van der Waals surface area contributed by atoms with Crippen LogP contribution in [-0.4, -0.2) is 25.5 Å². The van der Waals surface area contributed by atoms with Crippen LogP contribution in [0.5, 0.6) is 11.5 Å². The number of hydrogen-bond donors (Lipinski definition) is 1. The number of nitrogens with one attached hydrogen (secondary N) is 1. The van der Waals surface area contributed by atoms with Crippen LogP contribution in [0.4, 0.5) is 11.4 Å². The lowest BCUT2D eigenvalue weighted by Crippen LogP contribution is -2.32. The van der Waals surface area contributed by atoms with Gasteiger partial charge in [0, 0.05) is 5.69 Å². The Balaban J connectivity index is 1.76. The lowest BCUT2D eigenvalue weighted by molar-refractivity contribution is -0.120. The van der Waals surface area contributed by atoms with Crippen LogP contribution in [0.1, 0.15) is 18.1 Å². The number of aryl methyl sites for hydroxylation is 1. The van der Waals surface area contributed by atoms with E-state index in [1.165, 1.54) is 4.90 Å². The van der Waals surface area contributed by atoms with E-state index in [9.17, 15) is 9.59 Å². The van der Waals surface area contributed by atoms with Crippen molar-refractivity contribution in [2.45, 2.75) is 13.8 Å². The summed E-state index contributed by atoms with van der Waals surface area (Å²) in [7, 11) is 1.58. The van der Waals surface area contributed by atoms with Crippen molar-refractivity contribution < 1.29 is 19.1 Å². The average molecular weight is 428 g/mol. The van der Waals surface area contributed by atoms with Gasteiger partial charge in [-0.3, -0.25) is 9.59 Å². The van der Waals surface area contributed by atoms with Crippen molar-refractivity contribution in [2.75, 3.05) is 23.9 Å². The lowest BCUT2D eigenvalue weighted by Gasteiger charge is -2.16. The molecule has 32 heavy (non-hydrogen) atoms. The average Bonchev–Trinajstić information content (AvgIpc) is 3.04. The number of ether oxygens (including phenoxy) is 2. The van der Waals surface area contributed by atoms with Crippen LogP contribution in [0.25, 0.3) is 5.57 Å². The number of hydrogen-bond acceptors (Lipinski definition) is 5. The van der Waals surface area contributed by atoms with E-state index in [0.29, 0.717) is 34.9 Å². The summed E-state index contributed by atoms with van der Waals surface area (Å²) in [5.41, 5.74) is 3.35. The molecular weight excluding hydrogens is 404 g/mol. The highest BCUT2D eigenvalue weighted by Gasteiger charge is 2.40. The monoisotopic (exact) mass is 428 g/mol. The Hall–Kier alpha value is -4.06. The van der Waals surface area contributed by atoms with E-state index in [0.717, 1.165) is 11.3 Å². The number of carbonyl (C=O) groups excluding carboxylic acids is 2. The number of methoxy groups -OCH3 is 1. The third-order valence-electron chi connectivity index (χ3n) is 5.16. The summed E-state index contributed by atoms with van der Waals surface area (Å²) in [5.74, 6) is 0.625. The van der Waals surface area contributed by atoms with Crippen molar-refractivity contribution in [1.29, 1.82) is 0 Å². The number of nitrogens with zero attached hydrogens (tertiary/aromatic N) is 1. The van der Waals surface area contributed by atoms with Gasteiger partial charge in [0.1, 0.15) is 17.2 Å². The predicted molar refractivity (Wildman–Crippen MR) is 125 cm³/mol. The lowest BCUT2D eigenvalue weighted by atomic mass is 10.0. The Kier molecular flexibility index (Phi) is 5.94. The molecule has 1 N–H and O–H groups in total. The normalized spacial score (nSPS) is 13.5. The molecule has 0 fully saturated rings. The Morgan fingerprint density at radius 3 is 2.19 bits per heavy atom. The van der Waals surface area contributed by atoms with E-state index in [-0.39, 0.29) is 11.6 Å². The highest BCUT2D eigenvalue weighted by atomic mass is 16.5. The third-order valence-corrected chi connectivity index (χ3v) is 5.16. The molecule has 0 aromatic heterocycles. The van der Waals surface area contributed by atoms with Gasteiger partial charge in [0.2, 0.25) is 0 Å². The van der Waals surface area contributed by atoms with Crippen molar-refractivity contribution in [2.24, 2.45) is 0 Å². The SMILES string of the molecule is CCOc1ccc(NC2=C(c3ccc(OC)cc3)C(=O)N(c3cccc(C)c3)C2=O)cc1. The number of rotatable bonds is 7. The van der Waals surface area contributed by atoms with E-state index in [1.807, 2.05) is 56.3 Å². The van der Waals surface area contributed by atoms with Crippen LogP contribution in [0.3, 0.4) is 0 Å². The van der Waals surface area contributed by atoms with E-state index in [1.54, 1.807) is 37.4 Å². The van der Waals surface area contributed by atoms with Gasteiger partial charge in [-0.1, -0.05) is 24.3 Å². The number of imide groups is 1. The first-order valence-corrected chi connectivity index (χ1v) is 10.4. The van der Waals surface area contributed by atoms with Crippen LogP contribution in [-0.2, 0) is 9.59 Å². The fraction of sp³-hybridized carbons (Fsp3) is 0.154. The third kappa shape index (κ3) is 4.07. The maximum absolute atomic E-state index is 13.5. The molecule has 0 saturated heterocycles. The number of carbonyl (C=O) groups is 2. The Bertz CT molecular complexity index is 1180. The van der Waals surface area contributed by atoms with Crippen molar-refractivity contribution >= 4 is 28.8 Å². The van der Waals surface area contributed by atoms with Gasteiger partial charge in [-0.25, -0.2) is 4.90 Å². The number of amides is 2. The molecule has 3 aromatic rings. The van der Waals surface area contributed by atoms with E-state index >= 15 is 0 Å². The summed E-state index contributed by atoms with van der Waals surface area (Å²) in [6.07, 6.45) is 0. The van der Waals surface area contributed by atoms with Crippen molar-refractivity contribution in [1.82, 2.24) is 0 Å². The summed E-state index contributed by atoms with van der Waals surface area (Å²) in [5, 5.41) is 3.16. The van der Waals surface area contributed by atoms with E-state index < -0.39 is 5.91 Å². The van der Waals surface area contributed by atoms with Crippen molar-refractivity contribution in [3.63, 3.8) is 0 Å². The molecule has 3 aromatic carbocycles. The van der Waals surface area contributed by atoms with Crippen LogP contribution in [0.15, 0.2) is 78.5 Å². The zero-order valence-corrected chi connectivity index (χ0v) is 18.2. The zero-order valence-electron chi connectivity index (χ0n) is 18.2. The fourth-order valence-corrected chi connectivity index (χ4v) is 3.62. The maximum Gasteiger partial charge on any atom is 0.282 e. The summed E-state index contributed by atoms with van der Waals surface area (Å²) >= 11 is 0. The molecular formula is C26H24N2O4. The number of anilines is 2. The maximum atomic E-state index is 13.5. The van der Waals surface area contributed by atoms with Gasteiger partial charge in [-0.15, -0.1) is 0 Å². The van der Waals surface area contributed by atoms with E-state index in [4.69, 9.17) is 9.47 Å². The fourth-order valence-electron chi connectivity index (χ4n) is 3.62. The molecule has 0 spiro atoms. The molecule has 162 valence electrons. The van der Waals surface area contributed by atoms with Gasteiger partial charge < -0.3 is 14.8 Å². The minimum absolute atomic E-state index is 0.228. The van der Waals surface area contributed by atoms with Gasteiger partial charge in [0.05, 0.1) is 25.0 Å². The van der Waals surface area contributed by atoms with Gasteiger partial charge >= 0.3 is 0 Å². The van der Waals surface area contributed by atoms with Crippen molar-refractivity contribution in [3.05, 3.63) is 89.6 Å². The highest BCUT2D eigenvalue weighted by Crippen LogP contribution is 2.34. The molecule has 0 bridgehead atoms. The van der Waals surface area contributed by atoms with Gasteiger partial charge in [0.25, 0.3) is 11.8 Å². The molecule has 4 rings (SSSR count). The standard InChI is InChI=1S/C26H24N2O4/c1-4-32-22-14-10-19(11-15-22)27-24-23(18-8-12-21(31-3)13-9-18)25(29)28(26(24)30)20-7-5-6-17(2)16-20/h5-16,27H,4H2,1-3H3. The van der Waals surface area contributed by atoms with Gasteiger partial charge in [-0.05, 0) is 73.5 Å². The highest BCUT2D eigenvalue weighted by molar-refractivity contribution is 6.46. The zero-order chi connectivity index (χ0) is 22.7. The van der Waals surface area contributed by atoms with Crippen LogP contribution in [0, 0.1) is 6.92 Å². The van der Waals surface area contributed by atoms with Crippen LogP contribution < -0.4 is 19.7 Å². The molecule has 2 amide bonds. The molecule has 6 nitrogen and oxygen atoms in total. The molecule has 1 aliphatic heterocycles. The van der Waals surface area contributed by atoms with Gasteiger partial charge in [-0.2, -0.15) is 0 Å². The molecule has 0 atom stereocenters. The summed E-state index contributed by atoms with van der Waals surface area (Å²) in [6, 6.07) is 21.7. The molecule has 0 aliphatic carbocycles. The molecule has 1 aliphatic rings. The first-order valence-electron chi connectivity index (χ1n) is 10.4. The summed E-state index contributed by atoms with van der Waals surface area (Å²) in [6.45, 7) is 4.41. The summed E-state index contributed by atoms with van der Waals surface area (Å²) < 4.78 is 10.7. The first-order chi connectivity index (χ1) is 15.5. The molecule has 0 unspecified atom stereocenters. The van der Waals surface area contributed by atoms with Crippen LogP contribution >= 0.6 is 0 Å². The quantitative estimate of drug-likeness (QED) is 0.548. The van der Waals surface area contributed by atoms with Crippen LogP contribution in [0.2, 0.25) is 0 Å². The predicted octanol–water partition coefficient (Wildman–Crippen LogP) is 4.80. The largest absolute Gasteiger partial charge is 0.497 e. The Morgan fingerprint density at radius 2 is 1.56 bits per heavy atom. The van der Waals surface area contributed by atoms with Gasteiger partial charge in [0.15, 0.2) is 0 Å². The molecule has 0 radical (unpaired) electrons. The Labute approximate surface area is 187 Å². The summed E-state index contributed by atoms with van der Waals surface area (Å²) in [4.78, 5) is 28.1. The smallest absolute Gasteiger partial charge is 0.282 e. The van der Waals surface area contributed by atoms with E-state index in [2.05, 4.69) is 5.32 Å². The number of benzene rings is 3. The minimum Gasteiger partial charge on any atom is -0.497 e.